The molecule has 1 rings (SSSR count). The zero-order chi connectivity index (χ0) is 28.2. The van der Waals surface area contributed by atoms with Gasteiger partial charge in [-0.3, -0.25) is 14.4 Å². The van der Waals surface area contributed by atoms with Gasteiger partial charge in [-0.1, -0.05) is 30.3 Å². The van der Waals surface area contributed by atoms with Gasteiger partial charge in [0.1, 0.15) is 12.1 Å². The monoisotopic (exact) mass is 559 g/mol. The van der Waals surface area contributed by atoms with Gasteiger partial charge in [-0.15, -0.1) is 0 Å². The highest BCUT2D eigenvalue weighted by Crippen LogP contribution is 2.24. The normalized spacial score (nSPS) is 13.5. The number of hydrogen-bond acceptors (Lipinski definition) is 7. The van der Waals surface area contributed by atoms with Crippen LogP contribution in [0, 0.1) is 0 Å². The summed E-state index contributed by atoms with van der Waals surface area (Å²) in [5.74, 6) is -6.41. The van der Waals surface area contributed by atoms with E-state index < -0.39 is 60.4 Å². The molecule has 8 nitrogen and oxygen atoms in total. The molecule has 15 heteroatoms. The highest BCUT2D eigenvalue weighted by Gasteiger charge is 2.42. The summed E-state index contributed by atoms with van der Waals surface area (Å²) in [6.45, 7) is -0.631. The van der Waals surface area contributed by atoms with E-state index >= 15 is 0 Å². The van der Waals surface area contributed by atoms with Crippen molar-refractivity contribution in [2.75, 3.05) is 38.7 Å². The molecule has 1 aromatic rings. The fraction of sp³-hybridized carbons (Fsp3) is 0.545. The Morgan fingerprint density at radius 1 is 1.00 bits per heavy atom. The van der Waals surface area contributed by atoms with Gasteiger partial charge in [-0.25, -0.2) is 4.79 Å². The van der Waals surface area contributed by atoms with Crippen LogP contribution in [0.1, 0.15) is 24.5 Å². The summed E-state index contributed by atoms with van der Waals surface area (Å²) in [4.78, 5) is 48.8. The van der Waals surface area contributed by atoms with E-state index in [4.69, 9.17) is 0 Å². The van der Waals surface area contributed by atoms with Crippen LogP contribution in [0.25, 0.3) is 0 Å². The molecular weight excluding hydrogens is 532 g/mol. The number of carbonyl (C=O) groups is 4. The van der Waals surface area contributed by atoms with Gasteiger partial charge in [0.2, 0.25) is 17.6 Å². The molecule has 0 saturated heterocycles. The minimum atomic E-state index is -5.26. The highest BCUT2D eigenvalue weighted by atomic mass is 32.2. The molecule has 0 aromatic heterocycles. The van der Waals surface area contributed by atoms with E-state index in [0.29, 0.717) is 11.8 Å². The minimum absolute atomic E-state index is 0.0312. The van der Waals surface area contributed by atoms with Gasteiger partial charge in [0, 0.05) is 0 Å². The van der Waals surface area contributed by atoms with Crippen LogP contribution >= 0.6 is 11.8 Å². The lowest BCUT2D eigenvalue weighted by Crippen LogP contribution is -2.49. The lowest BCUT2D eigenvalue weighted by Gasteiger charge is -2.23. The second-order valence-corrected chi connectivity index (χ2v) is 9.13. The quantitative estimate of drug-likeness (QED) is 0.205. The standard InChI is InChI=1S/C22H27F6N3O5S/c1-31(2)12-18(33)30-15(9-6-10-37-13-17(32)21(23,24)25)19(34)29-11-16(14-7-4-3-5-8-14)36-20(35)22(26,27)28/h3-5,7-8,15-16H,6,9-13H2,1-2H3,(H,29,34)(H,30,33)/t15-,16?/m0/s1. The van der Waals surface area contributed by atoms with Crippen molar-refractivity contribution in [3.8, 4) is 0 Å². The average Bonchev–Trinajstić information content (AvgIpc) is 2.79. The van der Waals surface area contributed by atoms with Crippen molar-refractivity contribution in [1.29, 1.82) is 0 Å². The number of carbonyl (C=O) groups excluding carboxylic acids is 4. The van der Waals surface area contributed by atoms with E-state index in [1.54, 1.807) is 20.2 Å². The number of Topliss-reactive ketones (excluding diaryl/α,β-unsaturated/α-hetero) is 1. The molecule has 37 heavy (non-hydrogen) atoms. The number of amides is 2. The number of halogens is 6. The maximum absolute atomic E-state index is 12.8. The van der Waals surface area contributed by atoms with Crippen LogP contribution in [0.5, 0.6) is 0 Å². The molecule has 0 saturated carbocycles. The summed E-state index contributed by atoms with van der Waals surface area (Å²) in [6.07, 6.45) is -11.6. The van der Waals surface area contributed by atoms with Crippen molar-refractivity contribution in [2.24, 2.45) is 0 Å². The third-order valence-electron chi connectivity index (χ3n) is 4.56. The van der Waals surface area contributed by atoms with Crippen molar-refractivity contribution in [1.82, 2.24) is 15.5 Å². The Hall–Kier alpha value is -2.81. The summed E-state index contributed by atoms with van der Waals surface area (Å²) >= 11 is 0.710. The highest BCUT2D eigenvalue weighted by molar-refractivity contribution is 7.99. The number of nitrogens with one attached hydrogen (secondary N) is 2. The van der Waals surface area contributed by atoms with Crippen molar-refractivity contribution >= 4 is 35.3 Å². The number of likely N-dealkylation sites (N-methyl/N-ethyl adjacent to an activating group) is 1. The van der Waals surface area contributed by atoms with E-state index in [0.717, 1.165) is 0 Å². The summed E-state index contributed by atoms with van der Waals surface area (Å²) < 4.78 is 79.6. The van der Waals surface area contributed by atoms with Gasteiger partial charge in [0.25, 0.3) is 0 Å². The first kappa shape index (κ1) is 32.2. The van der Waals surface area contributed by atoms with Crippen molar-refractivity contribution in [3.63, 3.8) is 0 Å². The first-order chi connectivity index (χ1) is 17.1. The van der Waals surface area contributed by atoms with Crippen LogP contribution in [-0.2, 0) is 23.9 Å². The fourth-order valence-corrected chi connectivity index (χ4v) is 3.70. The Bertz CT molecular complexity index is 912. The van der Waals surface area contributed by atoms with E-state index in [-0.39, 0.29) is 30.7 Å². The number of nitrogens with zero attached hydrogens (tertiary/aromatic N) is 1. The van der Waals surface area contributed by atoms with E-state index in [9.17, 15) is 45.5 Å². The second kappa shape index (κ2) is 14.8. The molecule has 208 valence electrons. The number of rotatable bonds is 14. The molecule has 0 heterocycles. The molecule has 0 radical (unpaired) electrons. The Labute approximate surface area is 213 Å². The Balaban J connectivity index is 2.83. The zero-order valence-corrected chi connectivity index (χ0v) is 20.8. The molecule has 1 unspecified atom stereocenters. The molecule has 0 spiro atoms. The topological polar surface area (TPSA) is 105 Å². The Morgan fingerprint density at radius 2 is 1.62 bits per heavy atom. The van der Waals surface area contributed by atoms with Gasteiger partial charge in [0.15, 0.2) is 0 Å². The largest absolute Gasteiger partial charge is 0.490 e. The number of ether oxygens (including phenoxy) is 1. The molecule has 2 N–H and O–H groups in total. The van der Waals surface area contributed by atoms with Crippen molar-refractivity contribution in [3.05, 3.63) is 35.9 Å². The van der Waals surface area contributed by atoms with Crippen LogP contribution in [0.2, 0.25) is 0 Å². The number of ketones is 1. The SMILES string of the molecule is CN(C)CC(=O)N[C@@H](CCCSCC(=O)C(F)(F)F)C(=O)NCC(OC(=O)C(F)(F)F)c1ccccc1. The molecule has 0 aliphatic carbocycles. The van der Waals surface area contributed by atoms with E-state index in [1.807, 2.05) is 0 Å². The summed E-state index contributed by atoms with van der Waals surface area (Å²) in [6, 6.07) is 6.20. The first-order valence-electron chi connectivity index (χ1n) is 10.8. The summed E-state index contributed by atoms with van der Waals surface area (Å²) in [7, 11) is 3.20. The van der Waals surface area contributed by atoms with Gasteiger partial charge in [-0.05, 0) is 38.3 Å². The van der Waals surface area contributed by atoms with Crippen molar-refractivity contribution in [2.45, 2.75) is 37.3 Å². The zero-order valence-electron chi connectivity index (χ0n) is 19.9. The third kappa shape index (κ3) is 12.8. The van der Waals surface area contributed by atoms with Crippen LogP contribution in [0.3, 0.4) is 0 Å². The number of benzene rings is 1. The van der Waals surface area contributed by atoms with Crippen LogP contribution in [0.4, 0.5) is 26.3 Å². The minimum Gasteiger partial charge on any atom is -0.449 e. The van der Waals surface area contributed by atoms with Gasteiger partial charge in [-0.2, -0.15) is 38.1 Å². The van der Waals surface area contributed by atoms with Crippen LogP contribution < -0.4 is 10.6 Å². The number of thioether (sulfide) groups is 1. The molecule has 2 amide bonds. The molecule has 0 bridgehead atoms. The first-order valence-corrected chi connectivity index (χ1v) is 12.0. The number of alkyl halides is 6. The third-order valence-corrected chi connectivity index (χ3v) is 5.60. The van der Waals surface area contributed by atoms with Crippen LogP contribution in [-0.4, -0.2) is 85.6 Å². The molecule has 0 aliphatic heterocycles. The lowest BCUT2D eigenvalue weighted by atomic mass is 10.1. The predicted octanol–water partition coefficient (Wildman–Crippen LogP) is 2.64. The average molecular weight is 560 g/mol. The molecule has 2 atom stereocenters. The molecule has 1 aromatic carbocycles. The smallest absolute Gasteiger partial charge is 0.449 e. The molecule has 0 aliphatic rings. The molecular formula is C22H27F6N3O5S. The van der Waals surface area contributed by atoms with Crippen molar-refractivity contribution < 1.29 is 50.3 Å². The van der Waals surface area contributed by atoms with Gasteiger partial charge < -0.3 is 20.3 Å². The second-order valence-electron chi connectivity index (χ2n) is 8.02. The predicted molar refractivity (Wildman–Crippen MR) is 122 cm³/mol. The lowest BCUT2D eigenvalue weighted by molar-refractivity contribution is -0.205. The van der Waals surface area contributed by atoms with E-state index in [1.165, 1.54) is 29.2 Å². The van der Waals surface area contributed by atoms with Crippen LogP contribution in [0.15, 0.2) is 30.3 Å². The Morgan fingerprint density at radius 3 is 2.16 bits per heavy atom. The van der Waals surface area contributed by atoms with E-state index in [2.05, 4.69) is 15.4 Å². The maximum atomic E-state index is 12.8. The van der Waals surface area contributed by atoms with Gasteiger partial charge >= 0.3 is 18.3 Å². The Kier molecular flexibility index (Phi) is 12.9. The number of hydrogen-bond donors (Lipinski definition) is 2. The maximum Gasteiger partial charge on any atom is 0.490 e. The molecule has 0 fully saturated rings. The summed E-state index contributed by atoms with van der Waals surface area (Å²) in [5.41, 5.74) is 0.180. The van der Waals surface area contributed by atoms with Gasteiger partial charge in [0.05, 0.1) is 18.8 Å². The number of esters is 1. The fourth-order valence-electron chi connectivity index (χ4n) is 2.84. The summed E-state index contributed by atoms with van der Waals surface area (Å²) in [5, 5.41) is 4.82.